The summed E-state index contributed by atoms with van der Waals surface area (Å²) in [6.07, 6.45) is 0. The predicted octanol–water partition coefficient (Wildman–Crippen LogP) is 20.9. The highest BCUT2D eigenvalue weighted by molar-refractivity contribution is 7.20. The number of hydrogen-bond acceptors (Lipinski definition) is 4. The van der Waals surface area contributed by atoms with Crippen molar-refractivity contribution in [3.8, 4) is 11.1 Å². The summed E-state index contributed by atoms with van der Waals surface area (Å²) in [6, 6.07) is 145. The molecule has 20 rings (SSSR count). The summed E-state index contributed by atoms with van der Waals surface area (Å²) >= 11 is 0. The Morgan fingerprint density at radius 3 is 1.03 bits per heavy atom. The van der Waals surface area contributed by atoms with Crippen LogP contribution in [0.4, 0.5) is 34.1 Å². The van der Waals surface area contributed by atoms with Crippen molar-refractivity contribution in [3.05, 3.63) is 399 Å². The molecule has 0 spiro atoms. The topological polar surface area (TPSA) is 32.8 Å². The van der Waals surface area contributed by atoms with Gasteiger partial charge in [-0.25, -0.2) is 0 Å². The molecule has 6 heteroatoms. The summed E-state index contributed by atoms with van der Waals surface area (Å²) in [5.74, 6) is 0. The number of benzene rings is 17. The first-order valence-corrected chi connectivity index (χ1v) is 40.4. The van der Waals surface area contributed by atoms with Gasteiger partial charge in [0.2, 0.25) is 0 Å². The van der Waals surface area contributed by atoms with Gasteiger partial charge in [0.05, 0.1) is 28.4 Å². The fraction of sp³-hybridized carbons (Fsp3) is 0.0303. The molecule has 0 unspecified atom stereocenters. The standard InChI is InChI=1S/C99H70N2O2Si2/c1-99(2)87-61-69(100(89-55-31-35-67-33-21-23-49-78(67)89)92-64-76(62-85-81-52-27-29-57-94(81)102-97(85)92)104(70-37-9-3-10-38-70,71-39-11-4-12-40-71)72-41-13-5-14-42-72)59-60-84(87)96-83-54-26-25-51-80(83)91(66-88(96)99)101(90-56-32-36-68-34-22-24-50-79(68)90)93-65-77(63-86-82-53-28-30-58-95(82)103-98(86)93)105(73-43-15-6-16-44-73,74-45-17-7-18-46-74)75-47-19-8-20-48-75/h3-66H,1-2H3. The number of hydrogen-bond donors (Lipinski definition) is 0. The molecule has 1 aliphatic rings. The van der Waals surface area contributed by atoms with Gasteiger partial charge in [-0.1, -0.05) is 335 Å². The average molecular weight is 1380 g/mol. The van der Waals surface area contributed by atoms with Gasteiger partial charge in [-0.2, -0.15) is 0 Å². The molecule has 19 aromatic rings. The van der Waals surface area contributed by atoms with Crippen LogP contribution in [-0.2, 0) is 5.41 Å². The van der Waals surface area contributed by atoms with Gasteiger partial charge in [0.25, 0.3) is 0 Å². The highest BCUT2D eigenvalue weighted by atomic mass is 28.3. The molecule has 0 saturated heterocycles. The van der Waals surface area contributed by atoms with E-state index in [0.29, 0.717) is 0 Å². The molecule has 496 valence electrons. The van der Waals surface area contributed by atoms with E-state index in [1.807, 2.05) is 0 Å². The third-order valence-corrected chi connectivity index (χ3v) is 32.2. The van der Waals surface area contributed by atoms with Crippen LogP contribution in [0.3, 0.4) is 0 Å². The van der Waals surface area contributed by atoms with Crippen LogP contribution in [0.15, 0.2) is 397 Å². The van der Waals surface area contributed by atoms with E-state index < -0.39 is 21.6 Å². The third kappa shape index (κ3) is 9.57. The fourth-order valence-electron chi connectivity index (χ4n) is 18.0. The Morgan fingerprint density at radius 1 is 0.238 bits per heavy atom. The third-order valence-electron chi connectivity index (χ3n) is 22.7. The van der Waals surface area contributed by atoms with Gasteiger partial charge in [-0.15, -0.1) is 0 Å². The Labute approximate surface area is 612 Å². The van der Waals surface area contributed by atoms with E-state index in [-0.39, 0.29) is 0 Å². The van der Waals surface area contributed by atoms with E-state index in [2.05, 4.69) is 412 Å². The van der Waals surface area contributed by atoms with Crippen molar-refractivity contribution >= 4 is 168 Å². The molecule has 0 fully saturated rings. The molecule has 0 atom stereocenters. The molecule has 0 amide bonds. The summed E-state index contributed by atoms with van der Waals surface area (Å²) in [4.78, 5) is 5.10. The maximum atomic E-state index is 7.44. The SMILES string of the molecule is CC1(C)c2cc(N(c3cccc4ccccc34)c3cc([Si](c4ccccc4)(c4ccccc4)c4ccccc4)cc4c3oc3ccccc34)ccc2-c2c1cc(N(c1cccc3ccccc13)c1cc([Si](c3ccccc3)(c3ccccc3)c3ccccc3)cc3c1oc1ccccc13)c1ccccc21. The van der Waals surface area contributed by atoms with Crippen molar-refractivity contribution in [1.82, 2.24) is 0 Å². The number of furan rings is 2. The van der Waals surface area contributed by atoms with E-state index in [1.165, 1.54) is 69.1 Å². The monoisotopic (exact) mass is 1370 g/mol. The number of fused-ring (bicyclic) bond motifs is 13. The van der Waals surface area contributed by atoms with Crippen LogP contribution in [-0.4, -0.2) is 16.1 Å². The van der Waals surface area contributed by atoms with Crippen LogP contribution in [0.25, 0.3) is 87.3 Å². The normalized spacial score (nSPS) is 12.7. The van der Waals surface area contributed by atoms with Crippen molar-refractivity contribution in [2.24, 2.45) is 0 Å². The summed E-state index contributed by atoms with van der Waals surface area (Å²) in [5, 5.41) is 21.5. The van der Waals surface area contributed by atoms with Crippen molar-refractivity contribution in [2.45, 2.75) is 19.3 Å². The van der Waals surface area contributed by atoms with Crippen LogP contribution >= 0.6 is 0 Å². The zero-order valence-corrected chi connectivity index (χ0v) is 60.2. The molecule has 0 bridgehead atoms. The lowest BCUT2D eigenvalue weighted by Gasteiger charge is -2.36. The summed E-state index contributed by atoms with van der Waals surface area (Å²) in [7, 11) is -6.35. The second-order valence-corrected chi connectivity index (χ2v) is 36.1. The first-order valence-electron chi connectivity index (χ1n) is 36.4. The Hall–Kier alpha value is -12.8. The van der Waals surface area contributed by atoms with E-state index >= 15 is 0 Å². The molecule has 4 nitrogen and oxygen atoms in total. The Bertz CT molecular complexity index is 6370. The van der Waals surface area contributed by atoms with Crippen molar-refractivity contribution < 1.29 is 8.83 Å². The smallest absolute Gasteiger partial charge is 0.179 e. The summed E-state index contributed by atoms with van der Waals surface area (Å²) in [6.45, 7) is 4.89. The average Bonchev–Trinajstić information content (AvgIpc) is 1.65. The minimum Gasteiger partial charge on any atom is -0.454 e. The number of rotatable bonds is 14. The van der Waals surface area contributed by atoms with Gasteiger partial charge in [0.15, 0.2) is 27.3 Å². The van der Waals surface area contributed by atoms with Crippen LogP contribution in [0.2, 0.25) is 0 Å². The molecule has 2 heterocycles. The van der Waals surface area contributed by atoms with Gasteiger partial charge in [-0.05, 0) is 147 Å². The Balaban J connectivity index is 0.854. The summed E-state index contributed by atoms with van der Waals surface area (Å²) < 4.78 is 14.8. The predicted molar refractivity (Wildman–Crippen MR) is 448 cm³/mol. The van der Waals surface area contributed by atoms with Crippen molar-refractivity contribution in [3.63, 3.8) is 0 Å². The quantitative estimate of drug-likeness (QED) is 0.0802. The maximum absolute atomic E-state index is 7.44. The molecular weight excluding hydrogens is 1310 g/mol. The summed E-state index contributed by atoms with van der Waals surface area (Å²) in [5.41, 5.74) is 13.9. The first-order chi connectivity index (χ1) is 51.8. The highest BCUT2D eigenvalue weighted by Crippen LogP contribution is 2.57. The minimum absolute atomic E-state index is 0.548. The molecular formula is C99H70N2O2Si2. The number of nitrogens with zero attached hydrogens (tertiary/aromatic N) is 2. The van der Waals surface area contributed by atoms with Gasteiger partial charge < -0.3 is 18.6 Å². The van der Waals surface area contributed by atoms with Crippen molar-refractivity contribution in [2.75, 3.05) is 9.80 Å². The lowest BCUT2D eigenvalue weighted by atomic mass is 9.81. The van der Waals surface area contributed by atoms with Crippen LogP contribution < -0.4 is 51.3 Å². The maximum Gasteiger partial charge on any atom is 0.179 e. The molecule has 105 heavy (non-hydrogen) atoms. The molecule has 17 aromatic carbocycles. The highest BCUT2D eigenvalue weighted by Gasteiger charge is 2.46. The Kier molecular flexibility index (Phi) is 14.6. The molecule has 0 aliphatic heterocycles. The van der Waals surface area contributed by atoms with E-state index in [4.69, 9.17) is 8.83 Å². The van der Waals surface area contributed by atoms with Crippen molar-refractivity contribution in [1.29, 1.82) is 0 Å². The molecule has 1 aliphatic carbocycles. The van der Waals surface area contributed by atoms with E-state index in [0.717, 1.165) is 105 Å². The minimum atomic E-state index is -3.19. The van der Waals surface area contributed by atoms with Crippen LogP contribution in [0.1, 0.15) is 25.0 Å². The number of para-hydroxylation sites is 2. The second kappa shape index (κ2) is 24.7. The lowest BCUT2D eigenvalue weighted by molar-refractivity contribution is 0.660. The van der Waals surface area contributed by atoms with Gasteiger partial charge >= 0.3 is 0 Å². The van der Waals surface area contributed by atoms with Crippen LogP contribution in [0.5, 0.6) is 0 Å². The van der Waals surface area contributed by atoms with E-state index in [9.17, 15) is 0 Å². The second-order valence-electron chi connectivity index (χ2n) is 28.5. The van der Waals surface area contributed by atoms with Crippen LogP contribution in [0, 0.1) is 0 Å². The molecule has 2 aromatic heterocycles. The van der Waals surface area contributed by atoms with Gasteiger partial charge in [0.1, 0.15) is 11.2 Å². The molecule has 0 saturated carbocycles. The zero-order valence-electron chi connectivity index (χ0n) is 58.2. The van der Waals surface area contributed by atoms with Gasteiger partial charge in [0, 0.05) is 48.8 Å². The van der Waals surface area contributed by atoms with Gasteiger partial charge in [-0.3, -0.25) is 0 Å². The first kappa shape index (κ1) is 62.0. The lowest BCUT2D eigenvalue weighted by Crippen LogP contribution is -2.74. The molecule has 0 N–H and O–H groups in total. The number of anilines is 6. The molecule has 0 radical (unpaired) electrons. The van der Waals surface area contributed by atoms with E-state index in [1.54, 1.807) is 0 Å². The zero-order chi connectivity index (χ0) is 69.8. The Morgan fingerprint density at radius 2 is 0.590 bits per heavy atom. The fourth-order valence-corrected chi connectivity index (χ4v) is 27.6. The largest absolute Gasteiger partial charge is 0.454 e.